The fraction of sp³-hybridized carbons (Fsp3) is 0.517. The van der Waals surface area contributed by atoms with Crippen molar-refractivity contribution in [1.29, 1.82) is 0 Å². The molecule has 1 unspecified atom stereocenters. The minimum Gasteiger partial charge on any atom is -0.430 e. The second-order valence-corrected chi connectivity index (χ2v) is 11.5. The van der Waals surface area contributed by atoms with Crippen molar-refractivity contribution in [3.05, 3.63) is 52.4 Å². The maximum absolute atomic E-state index is 13.6. The first-order valence-electron chi connectivity index (χ1n) is 12.7. The first-order chi connectivity index (χ1) is 17.6. The number of esters is 1. The van der Waals surface area contributed by atoms with E-state index in [0.29, 0.717) is 29.9 Å². The number of halogens is 3. The Morgan fingerprint density at radius 1 is 1.13 bits per heavy atom. The van der Waals surface area contributed by atoms with E-state index in [-0.39, 0.29) is 23.3 Å². The Bertz CT molecular complexity index is 1140. The number of aliphatic imine (C=N–C) groups is 2. The number of carbonyl (C=O) groups excluding carboxylic acids is 2. The molecule has 1 aliphatic rings. The van der Waals surface area contributed by atoms with E-state index in [1.54, 1.807) is 20.8 Å². The number of alkyl halides is 3. The highest BCUT2D eigenvalue weighted by molar-refractivity contribution is 8.13. The molecule has 0 aromatic heterocycles. The lowest BCUT2D eigenvalue weighted by molar-refractivity contribution is -0.148. The molecule has 1 aromatic carbocycles. The second kappa shape index (κ2) is 12.9. The van der Waals surface area contributed by atoms with Gasteiger partial charge in [0.2, 0.25) is 0 Å². The predicted octanol–water partition coefficient (Wildman–Crippen LogP) is 7.66. The molecule has 1 aliphatic carbocycles. The van der Waals surface area contributed by atoms with E-state index in [9.17, 15) is 22.8 Å². The van der Waals surface area contributed by atoms with Gasteiger partial charge in [-0.25, -0.2) is 9.98 Å². The van der Waals surface area contributed by atoms with Crippen LogP contribution in [0.1, 0.15) is 76.1 Å². The van der Waals surface area contributed by atoms with Crippen LogP contribution in [0.5, 0.6) is 0 Å². The van der Waals surface area contributed by atoms with Gasteiger partial charge in [-0.2, -0.15) is 13.2 Å². The summed E-state index contributed by atoms with van der Waals surface area (Å²) < 4.78 is 44.2. The first-order valence-corrected chi connectivity index (χ1v) is 13.7. The summed E-state index contributed by atoms with van der Waals surface area (Å²) in [6.45, 7) is 17.6. The van der Waals surface area contributed by atoms with Crippen molar-refractivity contribution in [3.63, 3.8) is 0 Å². The fourth-order valence-electron chi connectivity index (χ4n) is 4.23. The molecule has 0 spiro atoms. The Kier molecular flexibility index (Phi) is 10.7. The zero-order valence-corrected chi connectivity index (χ0v) is 23.9. The van der Waals surface area contributed by atoms with Gasteiger partial charge in [0, 0.05) is 18.6 Å². The number of thioether (sulfide) groups is 1. The van der Waals surface area contributed by atoms with E-state index in [4.69, 9.17) is 4.74 Å². The Morgan fingerprint density at radius 2 is 1.71 bits per heavy atom. The molecule has 9 heteroatoms. The van der Waals surface area contributed by atoms with Gasteiger partial charge in [0.15, 0.2) is 11.0 Å². The number of nitrogens with zero attached hydrogens (tertiary/aromatic N) is 2. The maximum Gasteiger partial charge on any atom is 0.432 e. The topological polar surface area (TPSA) is 68.1 Å². The van der Waals surface area contributed by atoms with Gasteiger partial charge in [0.25, 0.3) is 0 Å². The molecular weight excluding hydrogens is 513 g/mol. The van der Waals surface area contributed by atoms with Gasteiger partial charge in [-0.1, -0.05) is 49.9 Å². The molecule has 2 rings (SSSR count). The molecule has 208 valence electrons. The zero-order chi connectivity index (χ0) is 28.8. The maximum atomic E-state index is 13.6. The van der Waals surface area contributed by atoms with Crippen LogP contribution in [0.3, 0.4) is 0 Å². The largest absolute Gasteiger partial charge is 0.432 e. The number of ketones is 1. The van der Waals surface area contributed by atoms with Gasteiger partial charge in [-0.05, 0) is 76.3 Å². The van der Waals surface area contributed by atoms with Crippen LogP contribution in [0.15, 0.2) is 40.2 Å². The standard InChI is InChI=1S/C29H37F3N2O3S/c1-9-20-13-17(3)14-21(10-2)24(20)25-22(35)15-19(16-23(25)37-26(36)28(5,6)7)11-12-38-27(33-8)34-18(4)29(30,31)32/h13-14,19H,4,8-12,15-16H2,1-3,5-7H3. The van der Waals surface area contributed by atoms with Crippen molar-refractivity contribution in [3.8, 4) is 0 Å². The molecular formula is C29H37F3N2O3S. The number of hydrogen-bond acceptors (Lipinski definition) is 5. The molecule has 0 fully saturated rings. The average Bonchev–Trinajstić information content (AvgIpc) is 2.81. The van der Waals surface area contributed by atoms with E-state index >= 15 is 0 Å². The van der Waals surface area contributed by atoms with Gasteiger partial charge in [0.1, 0.15) is 11.5 Å². The number of Topliss-reactive ketones (excluding diaryl/α,β-unsaturated/α-hetero) is 1. The summed E-state index contributed by atoms with van der Waals surface area (Å²) in [6.07, 6.45) is -2.10. The third-order valence-electron chi connectivity index (χ3n) is 6.24. The monoisotopic (exact) mass is 550 g/mol. The lowest BCUT2D eigenvalue weighted by Crippen LogP contribution is -2.27. The highest BCUT2D eigenvalue weighted by atomic mass is 32.2. The van der Waals surface area contributed by atoms with Crippen molar-refractivity contribution >= 4 is 41.0 Å². The van der Waals surface area contributed by atoms with E-state index < -0.39 is 23.3 Å². The molecule has 1 aromatic rings. The summed E-state index contributed by atoms with van der Waals surface area (Å²) >= 11 is 1.02. The summed E-state index contributed by atoms with van der Waals surface area (Å²) in [5.74, 6) is 0.0517. The Morgan fingerprint density at radius 3 is 2.18 bits per heavy atom. The summed E-state index contributed by atoms with van der Waals surface area (Å²) in [6, 6.07) is 4.14. The number of ether oxygens (including phenoxy) is 1. The second-order valence-electron chi connectivity index (χ2n) is 10.4. The van der Waals surface area contributed by atoms with Gasteiger partial charge < -0.3 is 4.74 Å². The lowest BCUT2D eigenvalue weighted by Gasteiger charge is -2.29. The van der Waals surface area contributed by atoms with Gasteiger partial charge in [0.05, 0.1) is 11.0 Å². The van der Waals surface area contributed by atoms with Crippen molar-refractivity contribution in [1.82, 2.24) is 0 Å². The molecule has 0 saturated carbocycles. The number of benzene rings is 1. The van der Waals surface area contributed by atoms with Crippen LogP contribution in [0.25, 0.3) is 5.57 Å². The fourth-order valence-corrected chi connectivity index (χ4v) is 5.13. The van der Waals surface area contributed by atoms with Gasteiger partial charge >= 0.3 is 12.1 Å². The molecule has 5 nitrogen and oxygen atoms in total. The van der Waals surface area contributed by atoms with Crippen LogP contribution in [0.2, 0.25) is 0 Å². The molecule has 0 aliphatic heterocycles. The smallest absolute Gasteiger partial charge is 0.430 e. The number of aryl methyl sites for hydroxylation is 3. The summed E-state index contributed by atoms with van der Waals surface area (Å²) in [5, 5.41) is -0.134. The average molecular weight is 551 g/mol. The number of allylic oxidation sites excluding steroid dienone is 3. The van der Waals surface area contributed by atoms with E-state index in [2.05, 4.69) is 35.4 Å². The van der Waals surface area contributed by atoms with Crippen molar-refractivity contribution in [2.75, 3.05) is 5.75 Å². The highest BCUT2D eigenvalue weighted by Gasteiger charge is 2.35. The minimum absolute atomic E-state index is 0.0996. The first kappa shape index (κ1) is 31.5. The number of amidine groups is 1. The van der Waals surface area contributed by atoms with Crippen molar-refractivity contribution < 1.29 is 27.5 Å². The van der Waals surface area contributed by atoms with Crippen LogP contribution < -0.4 is 0 Å². The summed E-state index contributed by atoms with van der Waals surface area (Å²) in [5.41, 5.74) is 2.48. The third-order valence-corrected chi connectivity index (χ3v) is 7.16. The van der Waals surface area contributed by atoms with E-state index in [1.807, 2.05) is 20.8 Å². The molecule has 1 atom stereocenters. The van der Waals surface area contributed by atoms with Crippen LogP contribution in [0.4, 0.5) is 13.2 Å². The van der Waals surface area contributed by atoms with Crippen molar-refractivity contribution in [2.24, 2.45) is 21.3 Å². The number of carbonyl (C=O) groups is 2. The van der Waals surface area contributed by atoms with E-state index in [0.717, 1.165) is 46.9 Å². The van der Waals surface area contributed by atoms with E-state index in [1.165, 1.54) is 0 Å². The molecule has 0 heterocycles. The van der Waals surface area contributed by atoms with Gasteiger partial charge in [-0.15, -0.1) is 0 Å². The Labute approximate surface area is 227 Å². The third kappa shape index (κ3) is 8.16. The molecule has 38 heavy (non-hydrogen) atoms. The van der Waals surface area contributed by atoms with Crippen LogP contribution in [0, 0.1) is 18.3 Å². The predicted molar refractivity (Wildman–Crippen MR) is 149 cm³/mol. The van der Waals surface area contributed by atoms with Gasteiger partial charge in [-0.3, -0.25) is 9.59 Å². The molecule has 0 bridgehead atoms. The Hall–Kier alpha value is -2.68. The van der Waals surface area contributed by atoms with Crippen molar-refractivity contribution in [2.45, 2.75) is 79.8 Å². The molecule has 0 radical (unpaired) electrons. The quantitative estimate of drug-likeness (QED) is 0.189. The summed E-state index contributed by atoms with van der Waals surface area (Å²) in [4.78, 5) is 33.5. The molecule has 0 amide bonds. The van der Waals surface area contributed by atoms with Crippen LogP contribution >= 0.6 is 11.8 Å². The number of rotatable bonds is 8. The number of hydrogen-bond donors (Lipinski definition) is 0. The normalized spacial score (nSPS) is 17.0. The highest BCUT2D eigenvalue weighted by Crippen LogP contribution is 2.40. The molecule has 0 saturated heterocycles. The molecule has 0 N–H and O–H groups in total. The SMILES string of the molecule is C=NC(=NC(=C)C(F)(F)F)SCCC1CC(=O)C(c2c(CC)cc(C)cc2CC)=C(OC(=O)C(C)(C)C)C1. The minimum atomic E-state index is -4.65. The lowest BCUT2D eigenvalue weighted by atomic mass is 9.79. The van der Waals surface area contributed by atoms with Crippen LogP contribution in [-0.4, -0.2) is 35.6 Å². The Balaban J connectivity index is 2.41. The summed E-state index contributed by atoms with van der Waals surface area (Å²) in [7, 11) is 0. The zero-order valence-electron chi connectivity index (χ0n) is 23.1. The van der Waals surface area contributed by atoms with Crippen LogP contribution in [-0.2, 0) is 27.2 Å².